The quantitative estimate of drug-likeness (QED) is 0.753. The van der Waals surface area contributed by atoms with Crippen LogP contribution < -0.4 is 5.32 Å². The first-order chi connectivity index (χ1) is 8.09. The molecule has 0 fully saturated rings. The third kappa shape index (κ3) is 5.89. The summed E-state index contributed by atoms with van der Waals surface area (Å²) in [6, 6.07) is 4.27. The van der Waals surface area contributed by atoms with Crippen molar-refractivity contribution in [1.82, 2.24) is 9.88 Å². The average Bonchev–Trinajstić information content (AvgIpc) is 2.65. The van der Waals surface area contributed by atoms with Gasteiger partial charge in [0.25, 0.3) is 0 Å². The lowest BCUT2D eigenvalue weighted by Gasteiger charge is -2.13. The number of nitrogens with one attached hydrogen (secondary N) is 1. The summed E-state index contributed by atoms with van der Waals surface area (Å²) >= 11 is 0. The van der Waals surface area contributed by atoms with E-state index in [-0.39, 0.29) is 0 Å². The molecule has 1 N–H and O–H groups in total. The number of hydrogen-bond donors (Lipinski definition) is 1. The van der Waals surface area contributed by atoms with Crippen LogP contribution in [0.4, 0.5) is 0 Å². The van der Waals surface area contributed by atoms with Gasteiger partial charge in [0.2, 0.25) is 0 Å². The fourth-order valence-electron chi connectivity index (χ4n) is 1.70. The van der Waals surface area contributed by atoms with Gasteiger partial charge in [0, 0.05) is 25.0 Å². The zero-order chi connectivity index (χ0) is 12.7. The summed E-state index contributed by atoms with van der Waals surface area (Å²) in [4.78, 5) is 0. The van der Waals surface area contributed by atoms with Crippen molar-refractivity contribution in [2.45, 2.75) is 46.9 Å². The predicted molar refractivity (Wildman–Crippen MR) is 72.1 cm³/mol. The molecule has 0 amide bonds. The van der Waals surface area contributed by atoms with Crippen LogP contribution in [0.3, 0.4) is 0 Å². The molecule has 0 aliphatic carbocycles. The maximum Gasteiger partial charge on any atom is 0.0649 e. The van der Waals surface area contributed by atoms with Crippen LogP contribution in [-0.4, -0.2) is 23.8 Å². The highest BCUT2D eigenvalue weighted by molar-refractivity contribution is 5.06. The lowest BCUT2D eigenvalue weighted by molar-refractivity contribution is 0.0724. The van der Waals surface area contributed by atoms with Crippen molar-refractivity contribution in [3.8, 4) is 0 Å². The molecule has 0 bridgehead atoms. The van der Waals surface area contributed by atoms with E-state index in [1.165, 1.54) is 5.69 Å². The maximum atomic E-state index is 5.57. The first-order valence-corrected chi connectivity index (χ1v) is 6.56. The lowest BCUT2D eigenvalue weighted by Crippen LogP contribution is -2.21. The molecule has 0 spiro atoms. The fourth-order valence-corrected chi connectivity index (χ4v) is 1.70. The van der Waals surface area contributed by atoms with Crippen LogP contribution >= 0.6 is 0 Å². The maximum absolute atomic E-state index is 5.57. The Hall–Kier alpha value is -0.800. The largest absolute Gasteiger partial charge is 0.377 e. The number of aromatic nitrogens is 1. The Kier molecular flexibility index (Phi) is 6.30. The van der Waals surface area contributed by atoms with E-state index >= 15 is 0 Å². The Morgan fingerprint density at radius 1 is 1.29 bits per heavy atom. The smallest absolute Gasteiger partial charge is 0.0649 e. The van der Waals surface area contributed by atoms with Crippen molar-refractivity contribution in [2.75, 3.05) is 13.2 Å². The van der Waals surface area contributed by atoms with Crippen LogP contribution in [0.15, 0.2) is 18.3 Å². The van der Waals surface area contributed by atoms with E-state index < -0.39 is 0 Å². The minimum atomic E-state index is 0.313. The van der Waals surface area contributed by atoms with Crippen molar-refractivity contribution in [2.24, 2.45) is 5.92 Å². The van der Waals surface area contributed by atoms with E-state index in [2.05, 4.69) is 55.9 Å². The first-order valence-electron chi connectivity index (χ1n) is 6.56. The summed E-state index contributed by atoms with van der Waals surface area (Å²) < 4.78 is 7.83. The monoisotopic (exact) mass is 238 g/mol. The second-order valence-electron chi connectivity index (χ2n) is 5.14. The molecule has 1 rings (SSSR count). The Bertz CT molecular complexity index is 276. The fraction of sp³-hybridized carbons (Fsp3) is 0.714. The van der Waals surface area contributed by atoms with Gasteiger partial charge < -0.3 is 14.6 Å². The SMILES string of the molecule is CC(C)CNCc1cccn1CCOC(C)C. The molecule has 98 valence electrons. The highest BCUT2D eigenvalue weighted by Gasteiger charge is 2.01. The summed E-state index contributed by atoms with van der Waals surface area (Å²) in [5.74, 6) is 0.697. The second kappa shape index (κ2) is 7.51. The number of hydrogen-bond acceptors (Lipinski definition) is 2. The molecular formula is C14H26N2O. The highest BCUT2D eigenvalue weighted by Crippen LogP contribution is 2.03. The zero-order valence-electron chi connectivity index (χ0n) is 11.6. The molecule has 17 heavy (non-hydrogen) atoms. The van der Waals surface area contributed by atoms with Gasteiger partial charge in [0.05, 0.1) is 12.7 Å². The van der Waals surface area contributed by atoms with Crippen molar-refractivity contribution < 1.29 is 4.74 Å². The van der Waals surface area contributed by atoms with E-state index in [4.69, 9.17) is 4.74 Å². The number of nitrogens with zero attached hydrogens (tertiary/aromatic N) is 1. The van der Waals surface area contributed by atoms with Crippen LogP contribution in [0.2, 0.25) is 0 Å². The van der Waals surface area contributed by atoms with Gasteiger partial charge in [-0.25, -0.2) is 0 Å². The van der Waals surface area contributed by atoms with Gasteiger partial charge in [0.15, 0.2) is 0 Å². The highest BCUT2D eigenvalue weighted by atomic mass is 16.5. The Morgan fingerprint density at radius 3 is 2.71 bits per heavy atom. The molecule has 3 heteroatoms. The summed E-state index contributed by atoms with van der Waals surface area (Å²) in [5, 5.41) is 3.47. The van der Waals surface area contributed by atoms with Gasteiger partial charge in [-0.3, -0.25) is 0 Å². The van der Waals surface area contributed by atoms with Crippen molar-refractivity contribution >= 4 is 0 Å². The molecule has 0 aromatic carbocycles. The standard InChI is InChI=1S/C14H26N2O/c1-12(2)10-15-11-14-6-5-7-16(14)8-9-17-13(3)4/h5-7,12-13,15H,8-11H2,1-4H3. The van der Waals surface area contributed by atoms with Crippen LogP contribution in [0.5, 0.6) is 0 Å². The Balaban J connectivity index is 2.32. The third-order valence-corrected chi connectivity index (χ3v) is 2.57. The average molecular weight is 238 g/mol. The molecule has 1 aromatic heterocycles. The normalized spacial score (nSPS) is 11.6. The van der Waals surface area contributed by atoms with E-state index in [1.54, 1.807) is 0 Å². The Morgan fingerprint density at radius 2 is 2.06 bits per heavy atom. The molecule has 0 unspecified atom stereocenters. The molecule has 0 aliphatic heterocycles. The lowest BCUT2D eigenvalue weighted by atomic mass is 10.2. The van der Waals surface area contributed by atoms with E-state index in [9.17, 15) is 0 Å². The molecule has 0 saturated carbocycles. The zero-order valence-corrected chi connectivity index (χ0v) is 11.6. The molecule has 0 saturated heterocycles. The summed E-state index contributed by atoms with van der Waals surface area (Å²) in [6.07, 6.45) is 2.43. The van der Waals surface area contributed by atoms with Crippen molar-refractivity contribution in [3.63, 3.8) is 0 Å². The van der Waals surface area contributed by atoms with Gasteiger partial charge in [-0.05, 0) is 38.4 Å². The molecule has 1 aromatic rings. The summed E-state index contributed by atoms with van der Waals surface area (Å²) in [6.45, 7) is 12.3. The summed E-state index contributed by atoms with van der Waals surface area (Å²) in [5.41, 5.74) is 1.33. The topological polar surface area (TPSA) is 26.2 Å². The van der Waals surface area contributed by atoms with E-state index in [0.29, 0.717) is 12.0 Å². The Labute approximate surface area is 105 Å². The molecular weight excluding hydrogens is 212 g/mol. The minimum Gasteiger partial charge on any atom is -0.377 e. The first kappa shape index (κ1) is 14.3. The van der Waals surface area contributed by atoms with Gasteiger partial charge in [0.1, 0.15) is 0 Å². The van der Waals surface area contributed by atoms with Crippen molar-refractivity contribution in [3.05, 3.63) is 24.0 Å². The van der Waals surface area contributed by atoms with Crippen LogP contribution in [0.1, 0.15) is 33.4 Å². The van der Waals surface area contributed by atoms with Crippen LogP contribution in [0, 0.1) is 5.92 Å². The molecule has 3 nitrogen and oxygen atoms in total. The number of ether oxygens (including phenoxy) is 1. The molecule has 0 radical (unpaired) electrons. The predicted octanol–water partition coefficient (Wildman–Crippen LogP) is 2.66. The van der Waals surface area contributed by atoms with Gasteiger partial charge in [-0.15, -0.1) is 0 Å². The van der Waals surface area contributed by atoms with Crippen LogP contribution in [-0.2, 0) is 17.8 Å². The van der Waals surface area contributed by atoms with E-state index in [1.807, 2.05) is 0 Å². The number of rotatable bonds is 8. The van der Waals surface area contributed by atoms with E-state index in [0.717, 1.165) is 26.2 Å². The van der Waals surface area contributed by atoms with Gasteiger partial charge >= 0.3 is 0 Å². The van der Waals surface area contributed by atoms with Gasteiger partial charge in [-0.1, -0.05) is 13.8 Å². The third-order valence-electron chi connectivity index (χ3n) is 2.57. The molecule has 0 atom stereocenters. The molecule has 1 heterocycles. The van der Waals surface area contributed by atoms with Crippen LogP contribution in [0.25, 0.3) is 0 Å². The van der Waals surface area contributed by atoms with Crippen molar-refractivity contribution in [1.29, 1.82) is 0 Å². The second-order valence-corrected chi connectivity index (χ2v) is 5.14. The minimum absolute atomic E-state index is 0.313. The summed E-state index contributed by atoms with van der Waals surface area (Å²) in [7, 11) is 0. The van der Waals surface area contributed by atoms with Gasteiger partial charge in [-0.2, -0.15) is 0 Å². The molecule has 0 aliphatic rings.